The molecule has 1 heterocycles. The Bertz CT molecular complexity index is 582. The predicted octanol–water partition coefficient (Wildman–Crippen LogP) is 1.38. The lowest BCUT2D eigenvalue weighted by atomic mass is 10.1. The van der Waals surface area contributed by atoms with E-state index in [1.165, 1.54) is 0 Å². The maximum absolute atomic E-state index is 5.99. The van der Waals surface area contributed by atoms with Gasteiger partial charge in [-0.05, 0) is 0 Å². The van der Waals surface area contributed by atoms with E-state index in [-0.39, 0.29) is 0 Å². The lowest BCUT2D eigenvalue weighted by Crippen LogP contribution is -2.45. The summed E-state index contributed by atoms with van der Waals surface area (Å²) in [5.41, 5.74) is 2.54. The fourth-order valence-electron chi connectivity index (χ4n) is 1.81. The number of nitrogens with two attached hydrogens (primary N) is 1. The van der Waals surface area contributed by atoms with Crippen LogP contribution < -0.4 is 20.0 Å². The zero-order valence-electron chi connectivity index (χ0n) is 11.1. The average Bonchev–Trinajstić information content (AvgIpc) is 2.36. The van der Waals surface area contributed by atoms with Crippen LogP contribution in [-0.2, 0) is 0 Å². The Morgan fingerprint density at radius 1 is 1.17 bits per heavy atom. The zero-order chi connectivity index (χ0) is 13.3. The molecule has 2 aromatic rings. The third kappa shape index (κ3) is 2.03. The summed E-state index contributed by atoms with van der Waals surface area (Å²) in [7, 11) is 3.20. The molecule has 0 unspecified atom stereocenters. The van der Waals surface area contributed by atoms with Crippen molar-refractivity contribution in [1.82, 2.24) is 4.98 Å². The van der Waals surface area contributed by atoms with Crippen molar-refractivity contribution >= 4 is 11.0 Å². The lowest BCUT2D eigenvalue weighted by Gasteiger charge is -2.08. The Balaban J connectivity index is 2.72. The van der Waals surface area contributed by atoms with Crippen LogP contribution >= 0.6 is 0 Å². The first-order chi connectivity index (χ1) is 8.56. The minimum Gasteiger partial charge on any atom is -0.493 e. The predicted molar refractivity (Wildman–Crippen MR) is 69.3 cm³/mol. The third-order valence-electron chi connectivity index (χ3n) is 2.87. The van der Waals surface area contributed by atoms with Crippen molar-refractivity contribution in [3.8, 4) is 11.5 Å². The molecule has 0 aliphatic heterocycles. The Labute approximate surface area is 106 Å². The van der Waals surface area contributed by atoms with E-state index in [0.29, 0.717) is 17.4 Å². The molecule has 0 aliphatic rings. The van der Waals surface area contributed by atoms with Gasteiger partial charge in [-0.25, -0.2) is 10.8 Å². The van der Waals surface area contributed by atoms with Crippen LogP contribution in [0, 0.1) is 0 Å². The molecule has 5 heteroatoms. The van der Waals surface area contributed by atoms with E-state index in [0.717, 1.165) is 16.7 Å². The van der Waals surface area contributed by atoms with Gasteiger partial charge in [-0.2, -0.15) is 0 Å². The first kappa shape index (κ1) is 12.4. The average molecular weight is 248 g/mol. The van der Waals surface area contributed by atoms with Crippen LogP contribution in [0.2, 0.25) is 0 Å². The van der Waals surface area contributed by atoms with Crippen molar-refractivity contribution in [2.45, 2.75) is 19.8 Å². The summed E-state index contributed by atoms with van der Waals surface area (Å²) in [5.74, 6) is 7.60. The molecule has 0 radical (unpaired) electrons. The fraction of sp³-hybridized carbons (Fsp3) is 0.385. The molecule has 0 atom stereocenters. The number of rotatable bonds is 3. The monoisotopic (exact) mass is 248 g/mol. The van der Waals surface area contributed by atoms with Gasteiger partial charge in [0.25, 0.3) is 5.52 Å². The van der Waals surface area contributed by atoms with Gasteiger partial charge in [0.15, 0.2) is 11.5 Å². The molecular weight excluding hydrogens is 230 g/mol. The van der Waals surface area contributed by atoms with Crippen molar-refractivity contribution in [3.63, 3.8) is 0 Å². The van der Waals surface area contributed by atoms with E-state index in [2.05, 4.69) is 18.8 Å². The number of nitrogen functional groups attached to an aromatic ring is 1. The zero-order valence-corrected chi connectivity index (χ0v) is 11.1. The molecule has 2 N–H and O–H groups in total. The van der Waals surface area contributed by atoms with Gasteiger partial charge in [0, 0.05) is 12.0 Å². The van der Waals surface area contributed by atoms with Crippen LogP contribution in [0.15, 0.2) is 18.3 Å². The topological polar surface area (TPSA) is 61.2 Å². The number of nitrogens with zero attached hydrogens (tertiary/aromatic N) is 2. The Hall–Kier alpha value is -2.04. The van der Waals surface area contributed by atoms with Crippen LogP contribution in [0.1, 0.15) is 25.5 Å². The molecule has 1 aromatic heterocycles. The van der Waals surface area contributed by atoms with Gasteiger partial charge in [-0.3, -0.25) is 0 Å². The number of hydrogen-bond acceptors (Lipinski definition) is 4. The smallest absolute Gasteiger partial charge is 0.264 e. The van der Waals surface area contributed by atoms with Crippen LogP contribution in [-0.4, -0.2) is 19.2 Å². The third-order valence-corrected chi connectivity index (χ3v) is 2.87. The summed E-state index contributed by atoms with van der Waals surface area (Å²) < 4.78 is 12.1. The second-order valence-electron chi connectivity index (χ2n) is 4.42. The first-order valence-corrected chi connectivity index (χ1v) is 5.80. The standard InChI is InChI=1S/C13H18N3O2/c1-8(2)10-7-16(14)11-6-13(18-4)12(17-3)5-9(11)15-10/h5-8H,1-4H3,(H2,14,15)/q+1. The quantitative estimate of drug-likeness (QED) is 0.658. The fourth-order valence-corrected chi connectivity index (χ4v) is 1.81. The van der Waals surface area contributed by atoms with E-state index >= 15 is 0 Å². The molecule has 0 saturated carbocycles. The highest BCUT2D eigenvalue weighted by molar-refractivity contribution is 5.76. The van der Waals surface area contributed by atoms with Gasteiger partial charge < -0.3 is 9.47 Å². The molecule has 5 nitrogen and oxygen atoms in total. The van der Waals surface area contributed by atoms with Gasteiger partial charge in [0.1, 0.15) is 11.2 Å². The number of benzene rings is 1. The van der Waals surface area contributed by atoms with E-state index < -0.39 is 0 Å². The van der Waals surface area contributed by atoms with Crippen molar-refractivity contribution in [1.29, 1.82) is 0 Å². The normalized spacial score (nSPS) is 10.9. The summed E-state index contributed by atoms with van der Waals surface area (Å²) in [6.07, 6.45) is 1.83. The number of fused-ring (bicyclic) bond motifs is 1. The van der Waals surface area contributed by atoms with Crippen LogP contribution in [0.5, 0.6) is 11.5 Å². The SMILES string of the molecule is COc1cc2nc(C(C)C)c[n+](N)c2cc1OC. The Morgan fingerprint density at radius 3 is 2.33 bits per heavy atom. The summed E-state index contributed by atoms with van der Waals surface area (Å²) in [6.45, 7) is 4.16. The Morgan fingerprint density at radius 2 is 1.78 bits per heavy atom. The molecule has 2 rings (SSSR count). The van der Waals surface area contributed by atoms with E-state index in [4.69, 9.17) is 15.3 Å². The number of hydrogen-bond donors (Lipinski definition) is 1. The molecule has 0 saturated heterocycles. The summed E-state index contributed by atoms with van der Waals surface area (Å²) in [6, 6.07) is 3.66. The molecule has 0 spiro atoms. The van der Waals surface area contributed by atoms with Gasteiger partial charge in [-0.1, -0.05) is 18.5 Å². The van der Waals surface area contributed by atoms with Crippen molar-refractivity contribution < 1.29 is 14.1 Å². The highest BCUT2D eigenvalue weighted by atomic mass is 16.5. The van der Waals surface area contributed by atoms with E-state index in [1.54, 1.807) is 18.9 Å². The van der Waals surface area contributed by atoms with E-state index in [1.807, 2.05) is 18.3 Å². The minimum atomic E-state index is 0.317. The van der Waals surface area contributed by atoms with Crippen molar-refractivity contribution in [2.24, 2.45) is 0 Å². The van der Waals surface area contributed by atoms with Crippen LogP contribution in [0.4, 0.5) is 0 Å². The van der Waals surface area contributed by atoms with E-state index in [9.17, 15) is 0 Å². The molecule has 96 valence electrons. The molecule has 0 aliphatic carbocycles. The molecule has 1 aromatic carbocycles. The second-order valence-corrected chi connectivity index (χ2v) is 4.42. The second kappa shape index (κ2) is 4.68. The molecular formula is C13H18N3O2+. The maximum Gasteiger partial charge on any atom is 0.264 e. The van der Waals surface area contributed by atoms with Crippen molar-refractivity contribution in [3.05, 3.63) is 24.0 Å². The molecule has 18 heavy (non-hydrogen) atoms. The molecule has 0 amide bonds. The Kier molecular flexibility index (Phi) is 3.23. The van der Waals surface area contributed by atoms with Gasteiger partial charge in [0.05, 0.1) is 20.3 Å². The van der Waals surface area contributed by atoms with Gasteiger partial charge >= 0.3 is 0 Å². The number of aromatic nitrogens is 2. The summed E-state index contributed by atoms with van der Waals surface area (Å²) in [4.78, 5) is 4.58. The molecule has 0 fully saturated rings. The number of methoxy groups -OCH3 is 2. The minimum absolute atomic E-state index is 0.317. The van der Waals surface area contributed by atoms with Crippen LogP contribution in [0.25, 0.3) is 11.0 Å². The summed E-state index contributed by atoms with van der Waals surface area (Å²) in [5, 5.41) is 0. The first-order valence-electron chi connectivity index (χ1n) is 5.80. The van der Waals surface area contributed by atoms with Crippen molar-refractivity contribution in [2.75, 3.05) is 20.1 Å². The lowest BCUT2D eigenvalue weighted by molar-refractivity contribution is -0.612. The maximum atomic E-state index is 5.99. The van der Waals surface area contributed by atoms with Crippen LogP contribution in [0.3, 0.4) is 0 Å². The largest absolute Gasteiger partial charge is 0.493 e. The van der Waals surface area contributed by atoms with Gasteiger partial charge in [0.2, 0.25) is 6.20 Å². The highest BCUT2D eigenvalue weighted by Gasteiger charge is 2.17. The summed E-state index contributed by atoms with van der Waals surface area (Å²) >= 11 is 0. The highest BCUT2D eigenvalue weighted by Crippen LogP contribution is 2.30. The van der Waals surface area contributed by atoms with Gasteiger partial charge in [-0.15, -0.1) is 0 Å². The number of ether oxygens (including phenoxy) is 2. The molecule has 0 bridgehead atoms.